The highest BCUT2D eigenvalue weighted by Crippen LogP contribution is 2.33. The van der Waals surface area contributed by atoms with E-state index in [1.54, 1.807) is 0 Å². The Hall–Kier alpha value is -0.450. The summed E-state index contributed by atoms with van der Waals surface area (Å²) in [4.78, 5) is 8.56. The van der Waals surface area contributed by atoms with Crippen molar-refractivity contribution in [2.75, 3.05) is 20.1 Å². The number of hydrogen-bond donors (Lipinski definition) is 1. The number of nitrogens with two attached hydrogens (primary N) is 1. The summed E-state index contributed by atoms with van der Waals surface area (Å²) < 4.78 is 0. The van der Waals surface area contributed by atoms with Crippen LogP contribution in [-0.2, 0) is 6.42 Å². The van der Waals surface area contributed by atoms with Crippen LogP contribution in [0.1, 0.15) is 48.2 Å². The highest BCUT2D eigenvalue weighted by atomic mass is 32.1. The van der Waals surface area contributed by atoms with E-state index in [2.05, 4.69) is 32.7 Å². The van der Waals surface area contributed by atoms with Gasteiger partial charge in [-0.3, -0.25) is 0 Å². The summed E-state index contributed by atoms with van der Waals surface area (Å²) >= 11 is 1.88. The van der Waals surface area contributed by atoms with Crippen LogP contribution in [0.5, 0.6) is 0 Å². The quantitative estimate of drug-likeness (QED) is 0.915. The molecule has 102 valence electrons. The molecular formula is C14H25N3S. The normalized spacial score (nSPS) is 19.4. The van der Waals surface area contributed by atoms with Gasteiger partial charge in [-0.25, -0.2) is 4.98 Å². The highest BCUT2D eigenvalue weighted by molar-refractivity contribution is 7.11. The molecule has 0 saturated carbocycles. The Balaban J connectivity index is 2.09. The number of likely N-dealkylation sites (tertiary alicyclic amines) is 1. The summed E-state index contributed by atoms with van der Waals surface area (Å²) in [6.07, 6.45) is 3.42. The van der Waals surface area contributed by atoms with Crippen molar-refractivity contribution >= 4 is 11.3 Å². The largest absolute Gasteiger partial charge is 0.325 e. The summed E-state index contributed by atoms with van der Waals surface area (Å²) in [6.45, 7) is 8.68. The summed E-state index contributed by atoms with van der Waals surface area (Å²) in [7, 11) is 2.20. The van der Waals surface area contributed by atoms with Gasteiger partial charge in [0.05, 0.1) is 10.7 Å². The zero-order valence-electron chi connectivity index (χ0n) is 12.0. The monoisotopic (exact) mass is 267 g/mol. The molecule has 3 nitrogen and oxygen atoms in total. The minimum Gasteiger partial charge on any atom is -0.325 e. The first-order valence-corrected chi connectivity index (χ1v) is 7.60. The Kier molecular flexibility index (Phi) is 4.09. The lowest BCUT2D eigenvalue weighted by Crippen LogP contribution is -2.34. The van der Waals surface area contributed by atoms with Gasteiger partial charge in [0.2, 0.25) is 0 Å². The fraction of sp³-hybridized carbons (Fsp3) is 0.786. The Bertz CT molecular complexity index is 398. The first-order chi connectivity index (χ1) is 8.35. The van der Waals surface area contributed by atoms with Crippen LogP contribution in [-0.4, -0.2) is 35.6 Å². The predicted molar refractivity (Wildman–Crippen MR) is 78.3 cm³/mol. The molecule has 1 aliphatic rings. The van der Waals surface area contributed by atoms with Gasteiger partial charge in [0.15, 0.2) is 0 Å². The predicted octanol–water partition coefficient (Wildman–Crippen LogP) is 2.54. The van der Waals surface area contributed by atoms with Crippen LogP contribution < -0.4 is 5.73 Å². The SMILES string of the molecule is Cc1nc(C2CCN(C)CC2)sc1CC(C)(C)N. The molecule has 0 bridgehead atoms. The van der Waals surface area contributed by atoms with Gasteiger partial charge in [-0.2, -0.15) is 0 Å². The van der Waals surface area contributed by atoms with Crippen molar-refractivity contribution in [1.29, 1.82) is 0 Å². The third-order valence-electron chi connectivity index (χ3n) is 3.59. The molecule has 0 aliphatic carbocycles. The van der Waals surface area contributed by atoms with Gasteiger partial charge in [0.1, 0.15) is 0 Å². The van der Waals surface area contributed by atoms with Crippen molar-refractivity contribution in [3.05, 3.63) is 15.6 Å². The van der Waals surface area contributed by atoms with E-state index in [4.69, 9.17) is 10.7 Å². The highest BCUT2D eigenvalue weighted by Gasteiger charge is 2.23. The fourth-order valence-corrected chi connectivity index (χ4v) is 3.93. The number of aromatic nitrogens is 1. The zero-order valence-corrected chi connectivity index (χ0v) is 12.8. The lowest BCUT2D eigenvalue weighted by molar-refractivity contribution is 0.255. The van der Waals surface area contributed by atoms with Gasteiger partial charge in [-0.15, -0.1) is 11.3 Å². The van der Waals surface area contributed by atoms with Gasteiger partial charge in [0, 0.05) is 22.8 Å². The van der Waals surface area contributed by atoms with E-state index in [0.717, 1.165) is 6.42 Å². The smallest absolute Gasteiger partial charge is 0.0962 e. The minimum absolute atomic E-state index is 0.138. The molecule has 0 amide bonds. The van der Waals surface area contributed by atoms with Crippen molar-refractivity contribution in [2.45, 2.75) is 51.5 Å². The average Bonchev–Trinajstić information content (AvgIpc) is 2.59. The van der Waals surface area contributed by atoms with E-state index in [1.165, 1.54) is 41.5 Å². The Morgan fingerprint density at radius 2 is 2.00 bits per heavy atom. The molecule has 1 fully saturated rings. The number of hydrogen-bond acceptors (Lipinski definition) is 4. The number of nitrogens with zero attached hydrogens (tertiary/aromatic N) is 2. The number of rotatable bonds is 3. The third-order valence-corrected chi connectivity index (χ3v) is 4.91. The lowest BCUT2D eigenvalue weighted by atomic mass is 9.98. The average molecular weight is 267 g/mol. The van der Waals surface area contributed by atoms with E-state index in [1.807, 2.05) is 11.3 Å². The fourth-order valence-electron chi connectivity index (χ4n) is 2.46. The summed E-state index contributed by atoms with van der Waals surface area (Å²) in [5, 5.41) is 1.33. The van der Waals surface area contributed by atoms with Crippen LogP contribution in [0, 0.1) is 6.92 Å². The van der Waals surface area contributed by atoms with Crippen LogP contribution >= 0.6 is 11.3 Å². The lowest BCUT2D eigenvalue weighted by Gasteiger charge is -2.27. The molecule has 0 spiro atoms. The van der Waals surface area contributed by atoms with Crippen molar-refractivity contribution < 1.29 is 0 Å². The summed E-state index contributed by atoms with van der Waals surface area (Å²) in [6, 6.07) is 0. The van der Waals surface area contributed by atoms with Gasteiger partial charge in [-0.05, 0) is 53.8 Å². The second-order valence-electron chi connectivity index (χ2n) is 6.30. The van der Waals surface area contributed by atoms with Crippen molar-refractivity contribution in [1.82, 2.24) is 9.88 Å². The molecule has 0 aromatic carbocycles. The zero-order chi connectivity index (χ0) is 13.3. The maximum Gasteiger partial charge on any atom is 0.0962 e. The van der Waals surface area contributed by atoms with E-state index < -0.39 is 0 Å². The van der Waals surface area contributed by atoms with Crippen LogP contribution in [0.25, 0.3) is 0 Å². The third kappa shape index (κ3) is 3.53. The number of thiazole rings is 1. The maximum absolute atomic E-state index is 6.11. The first-order valence-electron chi connectivity index (χ1n) is 6.79. The van der Waals surface area contributed by atoms with Crippen LogP contribution in [0.15, 0.2) is 0 Å². The van der Waals surface area contributed by atoms with E-state index in [0.29, 0.717) is 5.92 Å². The minimum atomic E-state index is -0.138. The molecule has 0 radical (unpaired) electrons. The van der Waals surface area contributed by atoms with Crippen LogP contribution in [0.4, 0.5) is 0 Å². The number of piperidine rings is 1. The van der Waals surface area contributed by atoms with E-state index in [-0.39, 0.29) is 5.54 Å². The molecule has 2 heterocycles. The van der Waals surface area contributed by atoms with Crippen LogP contribution in [0.3, 0.4) is 0 Å². The maximum atomic E-state index is 6.11. The van der Waals surface area contributed by atoms with Crippen LogP contribution in [0.2, 0.25) is 0 Å². The molecule has 4 heteroatoms. The molecule has 2 rings (SSSR count). The standard InChI is InChI=1S/C14H25N3S/c1-10-12(9-14(2,3)15)18-13(16-10)11-5-7-17(4)8-6-11/h11H,5-9,15H2,1-4H3. The van der Waals surface area contributed by atoms with E-state index in [9.17, 15) is 0 Å². The molecule has 1 saturated heterocycles. The van der Waals surface area contributed by atoms with E-state index >= 15 is 0 Å². The van der Waals surface area contributed by atoms with Gasteiger partial charge in [-0.1, -0.05) is 0 Å². The van der Waals surface area contributed by atoms with Gasteiger partial charge >= 0.3 is 0 Å². The summed E-state index contributed by atoms with van der Waals surface area (Å²) in [5.41, 5.74) is 7.16. The van der Waals surface area contributed by atoms with Gasteiger partial charge in [0.25, 0.3) is 0 Å². The van der Waals surface area contributed by atoms with Crippen molar-refractivity contribution in [3.8, 4) is 0 Å². The molecule has 0 unspecified atom stereocenters. The Morgan fingerprint density at radius 3 is 2.56 bits per heavy atom. The molecule has 1 aliphatic heterocycles. The second-order valence-corrected chi connectivity index (χ2v) is 7.42. The number of aryl methyl sites for hydroxylation is 1. The first kappa shape index (κ1) is 14.0. The molecule has 1 aromatic rings. The van der Waals surface area contributed by atoms with Crippen molar-refractivity contribution in [3.63, 3.8) is 0 Å². The van der Waals surface area contributed by atoms with Crippen molar-refractivity contribution in [2.24, 2.45) is 5.73 Å². The summed E-state index contributed by atoms with van der Waals surface area (Å²) in [5.74, 6) is 0.666. The topological polar surface area (TPSA) is 42.2 Å². The van der Waals surface area contributed by atoms with Gasteiger partial charge < -0.3 is 10.6 Å². The Morgan fingerprint density at radius 1 is 1.39 bits per heavy atom. The molecule has 18 heavy (non-hydrogen) atoms. The Labute approximate surface area is 114 Å². The second kappa shape index (κ2) is 5.27. The molecule has 0 atom stereocenters. The molecule has 1 aromatic heterocycles. The molecule has 2 N–H and O–H groups in total. The molecular weight excluding hydrogens is 242 g/mol.